The molecule has 1 aliphatic heterocycles. The summed E-state index contributed by atoms with van der Waals surface area (Å²) in [5.41, 5.74) is 3.94. The first kappa shape index (κ1) is 14.8. The Kier molecular flexibility index (Phi) is 4.41. The third-order valence-corrected chi connectivity index (χ3v) is 4.69. The maximum atomic E-state index is 11.4. The lowest BCUT2D eigenvalue weighted by molar-refractivity contribution is 0.587. The van der Waals surface area contributed by atoms with Gasteiger partial charge >= 0.3 is 0 Å². The molecular weight excluding hydrogens is 290 g/mol. The Bertz CT molecular complexity index is 695. The van der Waals surface area contributed by atoms with Gasteiger partial charge in [-0.3, -0.25) is 5.43 Å². The van der Waals surface area contributed by atoms with Crippen LogP contribution >= 0.6 is 0 Å². The number of benzene rings is 1. The summed E-state index contributed by atoms with van der Waals surface area (Å²) in [5.74, 6) is 0.343. The van der Waals surface area contributed by atoms with E-state index in [1.807, 2.05) is 17.0 Å². The molecule has 0 saturated carbocycles. The molecule has 0 radical (unpaired) electrons. The topological polar surface area (TPSA) is 109 Å². The predicted octanol–water partition coefficient (Wildman–Crippen LogP) is 0.736. The highest BCUT2D eigenvalue weighted by molar-refractivity contribution is 7.91. The van der Waals surface area contributed by atoms with Gasteiger partial charge in [0.2, 0.25) is 5.71 Å². The molecule has 0 atom stereocenters. The van der Waals surface area contributed by atoms with E-state index in [0.717, 1.165) is 5.69 Å². The monoisotopic (exact) mass is 303 g/mol. The first-order valence-corrected chi connectivity index (χ1v) is 8.05. The molecule has 7 nitrogen and oxygen atoms in total. The zero-order valence-electron chi connectivity index (χ0n) is 11.2. The summed E-state index contributed by atoms with van der Waals surface area (Å²) in [6, 6.07) is 10.5. The van der Waals surface area contributed by atoms with E-state index in [9.17, 15) is 8.42 Å². The normalized spacial score (nSPS) is 16.4. The van der Waals surface area contributed by atoms with Gasteiger partial charge in [0.05, 0.1) is 17.2 Å². The van der Waals surface area contributed by atoms with Gasteiger partial charge in [-0.1, -0.05) is 0 Å². The molecule has 1 heterocycles. The van der Waals surface area contributed by atoms with Gasteiger partial charge in [-0.25, -0.2) is 8.42 Å². The van der Waals surface area contributed by atoms with E-state index < -0.39 is 9.84 Å². The maximum Gasteiger partial charge on any atom is 0.237 e. The highest BCUT2D eigenvalue weighted by Crippen LogP contribution is 2.20. The van der Waals surface area contributed by atoms with E-state index in [2.05, 4.69) is 10.5 Å². The zero-order valence-corrected chi connectivity index (χ0v) is 12.0. The summed E-state index contributed by atoms with van der Waals surface area (Å²) >= 11 is 0. The summed E-state index contributed by atoms with van der Waals surface area (Å²) in [6.45, 7) is 0.973. The number of rotatable bonds is 3. The van der Waals surface area contributed by atoms with Crippen LogP contribution in [0.15, 0.2) is 29.4 Å². The SMILES string of the molecule is N#CC(C#N)=NNc1ccc(N2CCS(=O)(=O)CC2)cc1. The smallest absolute Gasteiger partial charge is 0.237 e. The summed E-state index contributed by atoms with van der Waals surface area (Å²) in [7, 11) is -2.89. The van der Waals surface area contributed by atoms with Crippen molar-refractivity contribution in [2.45, 2.75) is 0 Å². The van der Waals surface area contributed by atoms with Crippen LogP contribution in [0.25, 0.3) is 0 Å². The Morgan fingerprint density at radius 3 is 2.24 bits per heavy atom. The lowest BCUT2D eigenvalue weighted by Crippen LogP contribution is -2.40. The number of hydrogen-bond donors (Lipinski definition) is 1. The molecule has 21 heavy (non-hydrogen) atoms. The van der Waals surface area contributed by atoms with E-state index >= 15 is 0 Å². The van der Waals surface area contributed by atoms with Crippen molar-refractivity contribution >= 4 is 26.9 Å². The van der Waals surface area contributed by atoms with Gasteiger partial charge in [-0.2, -0.15) is 15.6 Å². The van der Waals surface area contributed by atoms with Crippen molar-refractivity contribution < 1.29 is 8.42 Å². The van der Waals surface area contributed by atoms with Crippen molar-refractivity contribution in [3.8, 4) is 12.1 Å². The molecule has 0 aliphatic carbocycles. The van der Waals surface area contributed by atoms with Crippen molar-refractivity contribution in [1.82, 2.24) is 0 Å². The predicted molar refractivity (Wildman–Crippen MR) is 79.6 cm³/mol. The van der Waals surface area contributed by atoms with Crippen LogP contribution in [0.1, 0.15) is 0 Å². The number of nitrogens with zero attached hydrogens (tertiary/aromatic N) is 4. The third kappa shape index (κ3) is 3.94. The molecule has 1 fully saturated rings. The van der Waals surface area contributed by atoms with Crippen molar-refractivity contribution in [3.05, 3.63) is 24.3 Å². The number of nitrogens with one attached hydrogen (secondary N) is 1. The molecule has 0 bridgehead atoms. The fourth-order valence-corrected chi connectivity index (χ4v) is 3.11. The first-order chi connectivity index (χ1) is 10.0. The lowest BCUT2D eigenvalue weighted by Gasteiger charge is -2.28. The fraction of sp³-hybridized carbons (Fsp3) is 0.308. The standard InChI is InChI=1S/C13H13N5O2S/c14-9-12(10-15)17-16-11-1-3-13(4-2-11)18-5-7-21(19,20)8-6-18/h1-4,16H,5-8H2. The first-order valence-electron chi connectivity index (χ1n) is 6.23. The molecule has 0 aromatic heterocycles. The number of hydrazone groups is 1. The minimum absolute atomic E-state index is 0.172. The van der Waals surface area contributed by atoms with E-state index in [4.69, 9.17) is 10.5 Å². The highest BCUT2D eigenvalue weighted by Gasteiger charge is 2.21. The molecule has 0 amide bonds. The van der Waals surface area contributed by atoms with Crippen LogP contribution in [0.2, 0.25) is 0 Å². The Balaban J connectivity index is 2.02. The van der Waals surface area contributed by atoms with Crippen LogP contribution in [0.5, 0.6) is 0 Å². The number of sulfone groups is 1. The molecule has 1 N–H and O–H groups in total. The summed E-state index contributed by atoms with van der Waals surface area (Å²) in [5, 5.41) is 20.8. The largest absolute Gasteiger partial charge is 0.369 e. The van der Waals surface area contributed by atoms with E-state index in [1.54, 1.807) is 24.3 Å². The van der Waals surface area contributed by atoms with Crippen molar-refractivity contribution in [2.24, 2.45) is 5.10 Å². The van der Waals surface area contributed by atoms with Crippen molar-refractivity contribution in [3.63, 3.8) is 0 Å². The molecule has 1 aromatic carbocycles. The van der Waals surface area contributed by atoms with E-state index in [0.29, 0.717) is 18.8 Å². The van der Waals surface area contributed by atoms with Crippen LogP contribution in [0.3, 0.4) is 0 Å². The van der Waals surface area contributed by atoms with Crippen molar-refractivity contribution in [1.29, 1.82) is 10.5 Å². The molecular formula is C13H13N5O2S. The second-order valence-corrected chi connectivity index (χ2v) is 6.79. The van der Waals surface area contributed by atoms with E-state index in [-0.39, 0.29) is 17.2 Å². The quantitative estimate of drug-likeness (QED) is 0.651. The van der Waals surface area contributed by atoms with Gasteiger partial charge in [0.15, 0.2) is 9.84 Å². The Morgan fingerprint density at radius 2 is 1.71 bits per heavy atom. The average molecular weight is 303 g/mol. The molecule has 108 valence electrons. The lowest BCUT2D eigenvalue weighted by atomic mass is 10.2. The van der Waals surface area contributed by atoms with Gasteiger partial charge < -0.3 is 4.90 Å². The van der Waals surface area contributed by atoms with Gasteiger partial charge in [-0.15, -0.1) is 0 Å². The minimum Gasteiger partial charge on any atom is -0.369 e. The Labute approximate surface area is 123 Å². The van der Waals surface area contributed by atoms with Crippen LogP contribution in [0, 0.1) is 22.7 Å². The number of hydrogen-bond acceptors (Lipinski definition) is 7. The number of nitriles is 2. The minimum atomic E-state index is -2.89. The second-order valence-electron chi connectivity index (χ2n) is 4.48. The van der Waals surface area contributed by atoms with E-state index in [1.165, 1.54) is 0 Å². The summed E-state index contributed by atoms with van der Waals surface area (Å²) < 4.78 is 22.8. The molecule has 8 heteroatoms. The van der Waals surface area contributed by atoms with Gasteiger partial charge in [0.1, 0.15) is 12.1 Å². The Morgan fingerprint density at radius 1 is 1.14 bits per heavy atom. The van der Waals surface area contributed by atoms with Crippen LogP contribution < -0.4 is 10.3 Å². The second kappa shape index (κ2) is 6.25. The molecule has 1 aliphatic rings. The molecule has 1 aromatic rings. The third-order valence-electron chi connectivity index (χ3n) is 3.09. The van der Waals surface area contributed by atoms with Crippen LogP contribution in [0.4, 0.5) is 11.4 Å². The fourth-order valence-electron chi connectivity index (χ4n) is 1.91. The molecule has 0 unspecified atom stereocenters. The van der Waals surface area contributed by atoms with Gasteiger partial charge in [0, 0.05) is 18.8 Å². The van der Waals surface area contributed by atoms with Crippen LogP contribution in [-0.2, 0) is 9.84 Å². The van der Waals surface area contributed by atoms with Crippen LogP contribution in [-0.4, -0.2) is 38.7 Å². The number of anilines is 2. The van der Waals surface area contributed by atoms with Gasteiger partial charge in [-0.05, 0) is 24.3 Å². The molecule has 2 rings (SSSR count). The zero-order chi connectivity index (χ0) is 15.3. The average Bonchev–Trinajstić information content (AvgIpc) is 2.49. The highest BCUT2D eigenvalue weighted by atomic mass is 32.2. The summed E-state index contributed by atoms with van der Waals surface area (Å²) in [6.07, 6.45) is 0. The maximum absolute atomic E-state index is 11.4. The molecule has 0 spiro atoms. The molecule has 1 saturated heterocycles. The Hall–Kier alpha value is -2.58. The van der Waals surface area contributed by atoms with Gasteiger partial charge in [0.25, 0.3) is 0 Å². The summed E-state index contributed by atoms with van der Waals surface area (Å²) in [4.78, 5) is 2.00. The van der Waals surface area contributed by atoms with Crippen molar-refractivity contribution in [2.75, 3.05) is 34.9 Å².